The van der Waals surface area contributed by atoms with Crippen LogP contribution in [0, 0.1) is 0 Å². The molecule has 0 aliphatic heterocycles. The van der Waals surface area contributed by atoms with Crippen molar-refractivity contribution >= 4 is 16.6 Å². The zero-order valence-electron chi connectivity index (χ0n) is 16.5. The lowest BCUT2D eigenvalue weighted by Crippen LogP contribution is -2.52. The van der Waals surface area contributed by atoms with E-state index in [9.17, 15) is 0 Å². The molecule has 0 aromatic carbocycles. The second-order valence-electron chi connectivity index (χ2n) is 9.78. The Morgan fingerprint density at radius 2 is 0.955 bits per heavy atom. The topological polar surface area (TPSA) is 18.5 Å². The first-order valence-electron chi connectivity index (χ1n) is 8.68. The van der Waals surface area contributed by atoms with E-state index in [1.807, 2.05) is 0 Å². The maximum absolute atomic E-state index is 6.70. The third kappa shape index (κ3) is 4.79. The summed E-state index contributed by atoms with van der Waals surface area (Å²) < 4.78 is 13.4. The molecule has 0 heterocycles. The summed E-state index contributed by atoms with van der Waals surface area (Å²) in [6.07, 6.45) is 6.96. The second-order valence-corrected chi connectivity index (χ2v) is 19.3. The number of hydrogen-bond donors (Lipinski definition) is 0. The quantitative estimate of drug-likeness (QED) is 0.453. The molecule has 0 aromatic heterocycles. The molecule has 0 saturated heterocycles. The number of rotatable bonds is 4. The van der Waals surface area contributed by atoms with Gasteiger partial charge in [0.1, 0.15) is 0 Å². The van der Waals surface area contributed by atoms with Crippen molar-refractivity contribution in [2.75, 3.05) is 0 Å². The van der Waals surface area contributed by atoms with Gasteiger partial charge in [-0.2, -0.15) is 0 Å². The highest BCUT2D eigenvalue weighted by Crippen LogP contribution is 2.41. The van der Waals surface area contributed by atoms with Crippen molar-refractivity contribution in [3.63, 3.8) is 0 Å². The highest BCUT2D eigenvalue weighted by molar-refractivity contribution is 6.74. The van der Waals surface area contributed by atoms with Crippen LogP contribution in [-0.4, -0.2) is 28.8 Å². The van der Waals surface area contributed by atoms with Gasteiger partial charge in [0.05, 0.1) is 12.2 Å². The van der Waals surface area contributed by atoms with Crippen LogP contribution < -0.4 is 0 Å². The highest BCUT2D eigenvalue weighted by Gasteiger charge is 2.44. The van der Waals surface area contributed by atoms with Gasteiger partial charge in [-0.15, -0.1) is 0 Å². The summed E-state index contributed by atoms with van der Waals surface area (Å²) in [5.74, 6) is 0. The van der Waals surface area contributed by atoms with Crippen molar-refractivity contribution in [2.24, 2.45) is 0 Å². The molecule has 0 saturated carbocycles. The molecule has 0 fully saturated rings. The van der Waals surface area contributed by atoms with Crippen LogP contribution in [0.15, 0.2) is 12.2 Å². The van der Waals surface area contributed by atoms with E-state index in [-0.39, 0.29) is 22.3 Å². The molecule has 0 N–H and O–H groups in total. The summed E-state index contributed by atoms with van der Waals surface area (Å²) in [4.78, 5) is 0. The van der Waals surface area contributed by atoms with Crippen LogP contribution in [0.25, 0.3) is 0 Å². The van der Waals surface area contributed by atoms with Crippen LogP contribution in [-0.2, 0) is 8.85 Å². The average Bonchev–Trinajstić information content (AvgIpc) is 2.28. The molecule has 0 aromatic rings. The molecule has 0 unspecified atom stereocenters. The molecule has 0 spiro atoms. The molecule has 4 heteroatoms. The zero-order chi connectivity index (χ0) is 17.4. The van der Waals surface area contributed by atoms with Gasteiger partial charge in [0.25, 0.3) is 0 Å². The maximum Gasteiger partial charge on any atom is 0.192 e. The van der Waals surface area contributed by atoms with Gasteiger partial charge >= 0.3 is 0 Å². The van der Waals surface area contributed by atoms with Crippen LogP contribution >= 0.6 is 0 Å². The minimum atomic E-state index is -1.75. The molecule has 0 bridgehead atoms. The van der Waals surface area contributed by atoms with E-state index in [1.54, 1.807) is 0 Å². The first-order valence-corrected chi connectivity index (χ1v) is 14.5. The van der Waals surface area contributed by atoms with E-state index in [4.69, 9.17) is 8.85 Å². The van der Waals surface area contributed by atoms with E-state index < -0.39 is 16.6 Å². The molecule has 1 rings (SSSR count). The summed E-state index contributed by atoms with van der Waals surface area (Å²) in [7, 11) is -3.51. The molecule has 1 aliphatic carbocycles. The summed E-state index contributed by atoms with van der Waals surface area (Å²) in [5, 5.41) is 0.491. The molecule has 2 atom stereocenters. The van der Waals surface area contributed by atoms with Gasteiger partial charge in [0, 0.05) is 0 Å². The first-order chi connectivity index (χ1) is 9.67. The minimum Gasteiger partial charge on any atom is -0.411 e. The Labute approximate surface area is 140 Å². The van der Waals surface area contributed by atoms with Crippen molar-refractivity contribution in [3.8, 4) is 0 Å². The number of hydrogen-bond acceptors (Lipinski definition) is 2. The highest BCUT2D eigenvalue weighted by atomic mass is 28.4. The molecular weight excluding hydrogens is 304 g/mol. The van der Waals surface area contributed by atoms with Crippen molar-refractivity contribution in [2.45, 2.75) is 103 Å². The van der Waals surface area contributed by atoms with E-state index >= 15 is 0 Å². The molecular formula is C18H38O2Si2. The molecule has 2 nitrogen and oxygen atoms in total. The summed E-state index contributed by atoms with van der Waals surface area (Å²) in [6.45, 7) is 23.2. The fourth-order valence-electron chi connectivity index (χ4n) is 2.12. The van der Waals surface area contributed by atoms with Crippen molar-refractivity contribution in [1.82, 2.24) is 0 Å². The molecule has 22 heavy (non-hydrogen) atoms. The lowest BCUT2D eigenvalue weighted by Gasteiger charge is -2.45. The molecule has 1 aliphatic rings. The van der Waals surface area contributed by atoms with Gasteiger partial charge in [-0.25, -0.2) is 0 Å². The first kappa shape index (κ1) is 20.1. The molecule has 130 valence electrons. The van der Waals surface area contributed by atoms with Gasteiger partial charge in [-0.05, 0) is 49.1 Å². The predicted octanol–water partition coefficient (Wildman–Crippen LogP) is 6.12. The Kier molecular flexibility index (Phi) is 5.98. The maximum atomic E-state index is 6.70. The van der Waals surface area contributed by atoms with Gasteiger partial charge in [-0.3, -0.25) is 0 Å². The van der Waals surface area contributed by atoms with Crippen LogP contribution in [0.2, 0.25) is 36.3 Å². The van der Waals surface area contributed by atoms with Crippen molar-refractivity contribution < 1.29 is 8.85 Å². The van der Waals surface area contributed by atoms with Gasteiger partial charge < -0.3 is 8.85 Å². The standard InChI is InChI=1S/C18H38O2Si2/c1-17(2,3)21(7,8)19-15-13-11-12-14-16(15)20-22(9,10)18(4,5)6/h11-12,15-16H,13-14H2,1-10H3/t15-,16+. The van der Waals surface area contributed by atoms with Crippen LogP contribution in [0.5, 0.6) is 0 Å². The van der Waals surface area contributed by atoms with Gasteiger partial charge in [0.2, 0.25) is 0 Å². The van der Waals surface area contributed by atoms with Crippen LogP contribution in [0.3, 0.4) is 0 Å². The Hall–Kier alpha value is 0.0938. The van der Waals surface area contributed by atoms with Crippen LogP contribution in [0.1, 0.15) is 54.4 Å². The Bertz CT molecular complexity index is 362. The lowest BCUT2D eigenvalue weighted by molar-refractivity contribution is 0.0345. The summed E-state index contributed by atoms with van der Waals surface area (Å²) >= 11 is 0. The fraction of sp³-hybridized carbons (Fsp3) is 0.889. The minimum absolute atomic E-state index is 0.222. The van der Waals surface area contributed by atoms with Crippen molar-refractivity contribution in [1.29, 1.82) is 0 Å². The monoisotopic (exact) mass is 342 g/mol. The fourth-order valence-corrected chi connectivity index (χ4v) is 4.84. The normalized spacial score (nSPS) is 24.6. The Morgan fingerprint density at radius 1 is 0.682 bits per heavy atom. The second kappa shape index (κ2) is 6.54. The Balaban J connectivity index is 2.88. The summed E-state index contributed by atoms with van der Waals surface area (Å²) in [6, 6.07) is 0. The van der Waals surface area contributed by atoms with Crippen LogP contribution in [0.4, 0.5) is 0 Å². The van der Waals surface area contributed by atoms with E-state index in [2.05, 4.69) is 79.9 Å². The predicted molar refractivity (Wildman–Crippen MR) is 103 cm³/mol. The third-order valence-electron chi connectivity index (χ3n) is 5.82. The molecule has 0 amide bonds. The smallest absolute Gasteiger partial charge is 0.192 e. The van der Waals surface area contributed by atoms with E-state index in [0.29, 0.717) is 0 Å². The SMILES string of the molecule is CC(C)(C)[Si](C)(C)O[C@H]1CC=CC[C@H]1O[Si](C)(C)C(C)(C)C. The van der Waals surface area contributed by atoms with Gasteiger partial charge in [0.15, 0.2) is 16.6 Å². The van der Waals surface area contributed by atoms with Gasteiger partial charge in [-0.1, -0.05) is 53.7 Å². The van der Waals surface area contributed by atoms with Crippen molar-refractivity contribution in [3.05, 3.63) is 12.2 Å². The average molecular weight is 343 g/mol. The third-order valence-corrected chi connectivity index (χ3v) is 14.8. The summed E-state index contributed by atoms with van der Waals surface area (Å²) in [5.41, 5.74) is 0. The largest absolute Gasteiger partial charge is 0.411 e. The van der Waals surface area contributed by atoms with E-state index in [1.165, 1.54) is 0 Å². The Morgan fingerprint density at radius 3 is 1.18 bits per heavy atom. The molecule has 0 radical (unpaired) electrons. The zero-order valence-corrected chi connectivity index (χ0v) is 18.5. The lowest BCUT2D eigenvalue weighted by atomic mass is 10.0. The van der Waals surface area contributed by atoms with E-state index in [0.717, 1.165) is 12.8 Å².